The molecule has 4 aliphatic carbocycles. The van der Waals surface area contributed by atoms with Gasteiger partial charge in [0.25, 0.3) is 0 Å². The van der Waals surface area contributed by atoms with Crippen molar-refractivity contribution < 1.29 is 0 Å². The molecule has 1 heteroatoms. The maximum Gasteiger partial charge on any atom is 0.0297 e. The molecule has 37 heavy (non-hydrogen) atoms. The van der Waals surface area contributed by atoms with Crippen LogP contribution in [0, 0.1) is 13.8 Å². The van der Waals surface area contributed by atoms with Gasteiger partial charge in [0.1, 0.15) is 0 Å². The molecular weight excluding hydrogens is 460 g/mol. The average Bonchev–Trinajstić information content (AvgIpc) is 3.20. The molecule has 0 N–H and O–H groups in total. The van der Waals surface area contributed by atoms with E-state index in [0.29, 0.717) is 0 Å². The third-order valence-corrected chi connectivity index (χ3v) is 9.49. The Morgan fingerprint density at radius 3 is 1.16 bits per heavy atom. The predicted molar refractivity (Wildman–Crippen MR) is 162 cm³/mol. The molecule has 2 aromatic rings. The van der Waals surface area contributed by atoms with Crippen molar-refractivity contribution in [1.29, 1.82) is 0 Å². The molecule has 4 aliphatic rings. The number of hydrogen-bond acceptors (Lipinski definition) is 0. The van der Waals surface area contributed by atoms with Crippen LogP contribution in [0.5, 0.6) is 0 Å². The Morgan fingerprint density at radius 2 is 0.757 bits per heavy atom. The molecule has 2 aromatic carbocycles. The highest BCUT2D eigenvalue weighted by Gasteiger charge is 2.19. The van der Waals surface area contributed by atoms with E-state index in [4.69, 9.17) is 0 Å². The van der Waals surface area contributed by atoms with Crippen LogP contribution < -0.4 is 0 Å². The van der Waals surface area contributed by atoms with Gasteiger partial charge >= 0.3 is 0 Å². The molecule has 0 heterocycles. The van der Waals surface area contributed by atoms with E-state index in [2.05, 4.69) is 135 Å². The fourth-order valence-corrected chi connectivity index (χ4v) is 8.18. The van der Waals surface area contributed by atoms with Crippen molar-refractivity contribution in [2.75, 3.05) is 0 Å². The van der Waals surface area contributed by atoms with Gasteiger partial charge in [-0.3, -0.25) is 0 Å². The number of rotatable bonds is 6. The maximum atomic E-state index is 2.41. The molecule has 0 unspecified atom stereocenters. The smallest absolute Gasteiger partial charge is 0.0297 e. The lowest BCUT2D eigenvalue weighted by molar-refractivity contribution is 1.28. The molecule has 0 saturated heterocycles. The normalized spacial score (nSPS) is 11.3. The molecule has 0 fully saturated rings. The van der Waals surface area contributed by atoms with Crippen LogP contribution in [0.4, 0.5) is 0 Å². The molecule has 0 radical (unpaired) electrons. The first-order chi connectivity index (χ1) is 18.2. The Morgan fingerprint density at radius 1 is 0.405 bits per heavy atom. The zero-order valence-electron chi connectivity index (χ0n) is 21.7. The fraction of sp³-hybridized carbons (Fsp3) is 0.111. The summed E-state index contributed by atoms with van der Waals surface area (Å²) in [5.41, 5.74) is 16.8. The number of benzene rings is 2. The molecule has 0 nitrogen and oxygen atoms in total. The Kier molecular flexibility index (Phi) is 6.47. The fourth-order valence-electron chi connectivity index (χ4n) is 5.97. The lowest BCUT2D eigenvalue weighted by Gasteiger charge is -2.09. The Bertz CT molecular complexity index is 1480. The Hall–Kier alpha value is -3.94. The average molecular weight is 493 g/mol. The Labute approximate surface area is 223 Å². The van der Waals surface area contributed by atoms with Gasteiger partial charge in [0.15, 0.2) is 0 Å². The van der Waals surface area contributed by atoms with Crippen LogP contribution in [0.25, 0.3) is 44.5 Å². The highest BCUT2D eigenvalue weighted by Crippen LogP contribution is 2.40. The first-order valence-corrected chi connectivity index (χ1v) is 15.3. The van der Waals surface area contributed by atoms with Gasteiger partial charge < -0.3 is 0 Å². The summed E-state index contributed by atoms with van der Waals surface area (Å²) in [5, 5.41) is 0. The van der Waals surface area contributed by atoms with Gasteiger partial charge in [-0.2, -0.15) is 0 Å². The van der Waals surface area contributed by atoms with Crippen molar-refractivity contribution in [2.45, 2.75) is 25.9 Å². The molecule has 0 atom stereocenters. The third-order valence-electron chi connectivity index (χ3n) is 7.78. The Balaban J connectivity index is 1.28. The van der Waals surface area contributed by atoms with Crippen molar-refractivity contribution in [3.8, 4) is 44.5 Å². The van der Waals surface area contributed by atoms with E-state index in [1.165, 1.54) is 67.7 Å². The molecule has 0 amide bonds. The van der Waals surface area contributed by atoms with Crippen LogP contribution in [0.2, 0.25) is 0 Å². The standard InChI is InChI=1S/C36H32Si/c1-25-21-33-29(27-13-5-3-6-14-27)17-9-11-19-31(33)35(25)23-37-24-36-26(2)22-34-30(18-10-12-20-32(34)36)28-15-7-4-8-16-28/h3-22H,23-24,37H2,1-2H3. The minimum atomic E-state index is -0.339. The largest absolute Gasteiger partial charge is 0.0622 e. The van der Waals surface area contributed by atoms with Crippen molar-refractivity contribution in [1.82, 2.24) is 0 Å². The van der Waals surface area contributed by atoms with Gasteiger partial charge in [0, 0.05) is 9.52 Å². The van der Waals surface area contributed by atoms with Gasteiger partial charge in [-0.15, -0.1) is 0 Å². The van der Waals surface area contributed by atoms with Crippen LogP contribution in [-0.4, -0.2) is 9.52 Å². The lowest BCUT2D eigenvalue weighted by atomic mass is 9.99. The van der Waals surface area contributed by atoms with Gasteiger partial charge in [-0.05, 0) is 92.7 Å². The summed E-state index contributed by atoms with van der Waals surface area (Å²) in [6.45, 7) is 4.60. The van der Waals surface area contributed by atoms with Gasteiger partial charge in [0.05, 0.1) is 0 Å². The summed E-state index contributed by atoms with van der Waals surface area (Å²) in [6.07, 6.45) is 0. The summed E-state index contributed by atoms with van der Waals surface area (Å²) in [5.74, 6) is 0. The van der Waals surface area contributed by atoms with Gasteiger partial charge in [-0.1, -0.05) is 121 Å². The number of aryl methyl sites for hydroxylation is 2. The minimum absolute atomic E-state index is 0.339. The van der Waals surface area contributed by atoms with E-state index in [1.54, 1.807) is 11.1 Å². The zero-order valence-corrected chi connectivity index (χ0v) is 23.1. The minimum Gasteiger partial charge on any atom is -0.0622 e. The molecular formula is C36H32Si. The van der Waals surface area contributed by atoms with Crippen molar-refractivity contribution >= 4 is 9.52 Å². The summed E-state index contributed by atoms with van der Waals surface area (Å²) < 4.78 is 0. The summed E-state index contributed by atoms with van der Waals surface area (Å²) in [7, 11) is -0.339. The van der Waals surface area contributed by atoms with Crippen molar-refractivity contribution in [3.63, 3.8) is 0 Å². The first kappa shape index (κ1) is 23.5. The van der Waals surface area contributed by atoms with Crippen LogP contribution >= 0.6 is 0 Å². The molecule has 0 bridgehead atoms. The van der Waals surface area contributed by atoms with Crippen LogP contribution in [0.15, 0.2) is 121 Å². The second-order valence-electron chi connectivity index (χ2n) is 10.1. The monoisotopic (exact) mass is 492 g/mol. The summed E-state index contributed by atoms with van der Waals surface area (Å²) >= 11 is 0. The predicted octanol–water partition coefficient (Wildman–Crippen LogP) is 8.72. The molecule has 0 saturated carbocycles. The topological polar surface area (TPSA) is 0 Å². The molecule has 0 aromatic heterocycles. The summed E-state index contributed by atoms with van der Waals surface area (Å²) in [4.78, 5) is 0. The highest BCUT2D eigenvalue weighted by atomic mass is 28.2. The van der Waals surface area contributed by atoms with Crippen LogP contribution in [-0.2, 0) is 12.1 Å². The van der Waals surface area contributed by atoms with E-state index < -0.39 is 0 Å². The molecule has 0 spiro atoms. The van der Waals surface area contributed by atoms with Gasteiger partial charge in [-0.25, -0.2) is 0 Å². The second kappa shape index (κ2) is 10.2. The van der Waals surface area contributed by atoms with Crippen LogP contribution in [0.3, 0.4) is 0 Å². The quantitative estimate of drug-likeness (QED) is 0.204. The molecule has 180 valence electrons. The first-order valence-electron chi connectivity index (χ1n) is 13.3. The van der Waals surface area contributed by atoms with Gasteiger partial charge in [0.2, 0.25) is 0 Å². The third kappa shape index (κ3) is 4.52. The van der Waals surface area contributed by atoms with E-state index in [-0.39, 0.29) is 9.52 Å². The van der Waals surface area contributed by atoms with E-state index >= 15 is 0 Å². The molecule has 6 rings (SSSR count). The van der Waals surface area contributed by atoms with Crippen LogP contribution in [0.1, 0.15) is 22.3 Å². The number of hydrogen-bond donors (Lipinski definition) is 0. The molecule has 0 aliphatic heterocycles. The maximum absolute atomic E-state index is 2.41. The van der Waals surface area contributed by atoms with Crippen molar-refractivity contribution in [2.24, 2.45) is 0 Å². The zero-order chi connectivity index (χ0) is 25.2. The summed E-state index contributed by atoms with van der Waals surface area (Å²) in [6, 6.07) is 46.8. The van der Waals surface area contributed by atoms with Crippen molar-refractivity contribution in [3.05, 3.63) is 144 Å². The SMILES string of the molecule is Cc1cc2c(-c3ccccc3)ccccc-2c1C[SiH2]Cc1c(C)cc2c(-c3ccccc3)ccccc1-2. The van der Waals surface area contributed by atoms with E-state index in [0.717, 1.165) is 0 Å². The number of fused-ring (bicyclic) bond motifs is 2. The highest BCUT2D eigenvalue weighted by molar-refractivity contribution is 6.35. The lowest BCUT2D eigenvalue weighted by Crippen LogP contribution is -2.03. The second-order valence-corrected chi connectivity index (χ2v) is 11.8. The van der Waals surface area contributed by atoms with E-state index in [9.17, 15) is 0 Å². The van der Waals surface area contributed by atoms with E-state index in [1.807, 2.05) is 0 Å².